The first-order chi connectivity index (χ1) is 6.77. The average molecular weight is 213 g/mol. The van der Waals surface area contributed by atoms with Crippen molar-refractivity contribution in [2.24, 2.45) is 0 Å². The molecule has 0 saturated heterocycles. The molecule has 4 heteroatoms. The molecule has 0 amide bonds. The van der Waals surface area contributed by atoms with Gasteiger partial charge in [0, 0.05) is 6.42 Å². The summed E-state index contributed by atoms with van der Waals surface area (Å²) in [5, 5.41) is -0.332. The lowest BCUT2D eigenvalue weighted by atomic mass is 10.1. The molecule has 1 aromatic rings. The smallest absolute Gasteiger partial charge is 0.231 e. The van der Waals surface area contributed by atoms with E-state index in [1.807, 2.05) is 18.2 Å². The van der Waals surface area contributed by atoms with Crippen LogP contribution in [-0.4, -0.2) is 12.0 Å². The van der Waals surface area contributed by atoms with E-state index in [0.717, 1.165) is 17.1 Å². The lowest BCUT2D eigenvalue weighted by Gasteiger charge is -2.03. The van der Waals surface area contributed by atoms with Crippen LogP contribution in [-0.2, 0) is 11.2 Å². The maximum atomic E-state index is 10.6. The monoisotopic (exact) mass is 212 g/mol. The fourth-order valence-electron chi connectivity index (χ4n) is 1.42. The molecular weight excluding hydrogens is 204 g/mol. The minimum absolute atomic E-state index is 0.251. The van der Waals surface area contributed by atoms with Crippen LogP contribution in [0.25, 0.3) is 0 Å². The molecule has 0 bridgehead atoms. The molecule has 0 unspecified atom stereocenters. The molecule has 14 heavy (non-hydrogen) atoms. The van der Waals surface area contributed by atoms with Gasteiger partial charge in [-0.25, -0.2) is 0 Å². The van der Waals surface area contributed by atoms with E-state index in [1.165, 1.54) is 0 Å². The number of carbonyl (C=O) groups is 1. The summed E-state index contributed by atoms with van der Waals surface area (Å²) in [6, 6.07) is 5.63. The Morgan fingerprint density at radius 3 is 3.07 bits per heavy atom. The van der Waals surface area contributed by atoms with Crippen molar-refractivity contribution >= 4 is 16.8 Å². The number of carbonyl (C=O) groups excluding carboxylic acids is 1. The Morgan fingerprint density at radius 1 is 1.43 bits per heavy atom. The van der Waals surface area contributed by atoms with Crippen LogP contribution in [0.5, 0.6) is 11.5 Å². The molecule has 74 valence electrons. The van der Waals surface area contributed by atoms with Crippen LogP contribution in [0.1, 0.15) is 12.0 Å². The van der Waals surface area contributed by atoms with Gasteiger partial charge in [-0.2, -0.15) is 0 Å². The van der Waals surface area contributed by atoms with Crippen LogP contribution in [0, 0.1) is 0 Å². The molecular formula is C10H9ClO3. The summed E-state index contributed by atoms with van der Waals surface area (Å²) >= 11 is 5.27. The zero-order valence-corrected chi connectivity index (χ0v) is 8.21. The van der Waals surface area contributed by atoms with Gasteiger partial charge in [0.05, 0.1) is 0 Å². The molecule has 2 rings (SSSR count). The van der Waals surface area contributed by atoms with Gasteiger partial charge in [-0.05, 0) is 29.7 Å². The Kier molecular flexibility index (Phi) is 2.59. The number of fused-ring (bicyclic) bond motifs is 1. The fraction of sp³-hybridized carbons (Fsp3) is 0.300. The average Bonchev–Trinajstić information content (AvgIpc) is 2.62. The first-order valence-electron chi connectivity index (χ1n) is 4.33. The molecule has 0 atom stereocenters. The summed E-state index contributed by atoms with van der Waals surface area (Å²) in [7, 11) is 0. The molecule has 3 nitrogen and oxygen atoms in total. The standard InChI is InChI=1S/C10H9ClO3/c11-9(12)5-4-7-2-1-3-8-10(7)14-6-13-8/h1-3H,4-6H2. The first kappa shape index (κ1) is 9.34. The maximum absolute atomic E-state index is 10.6. The van der Waals surface area contributed by atoms with E-state index in [9.17, 15) is 4.79 Å². The number of hydrogen-bond acceptors (Lipinski definition) is 3. The van der Waals surface area contributed by atoms with E-state index in [0.29, 0.717) is 12.8 Å². The highest BCUT2D eigenvalue weighted by Crippen LogP contribution is 2.35. The number of rotatable bonds is 3. The second-order valence-corrected chi connectivity index (χ2v) is 3.43. The number of benzene rings is 1. The molecule has 0 N–H and O–H groups in total. The van der Waals surface area contributed by atoms with Gasteiger partial charge in [0.15, 0.2) is 11.5 Å². The van der Waals surface area contributed by atoms with Gasteiger partial charge in [-0.3, -0.25) is 4.79 Å². The van der Waals surface area contributed by atoms with Crippen molar-refractivity contribution in [3.63, 3.8) is 0 Å². The quantitative estimate of drug-likeness (QED) is 0.720. The van der Waals surface area contributed by atoms with Crippen LogP contribution >= 0.6 is 11.6 Å². The normalized spacial score (nSPS) is 12.9. The summed E-state index contributed by atoms with van der Waals surface area (Å²) in [4.78, 5) is 10.6. The molecule has 0 saturated carbocycles. The third kappa shape index (κ3) is 1.82. The van der Waals surface area contributed by atoms with Crippen molar-refractivity contribution < 1.29 is 14.3 Å². The van der Waals surface area contributed by atoms with E-state index in [2.05, 4.69) is 0 Å². The lowest BCUT2D eigenvalue weighted by Crippen LogP contribution is -1.96. The van der Waals surface area contributed by atoms with Gasteiger partial charge in [0.1, 0.15) is 0 Å². The Balaban J connectivity index is 2.17. The van der Waals surface area contributed by atoms with Gasteiger partial charge in [0.25, 0.3) is 0 Å². The largest absolute Gasteiger partial charge is 0.454 e. The molecule has 1 aliphatic heterocycles. The van der Waals surface area contributed by atoms with E-state index < -0.39 is 0 Å². The SMILES string of the molecule is O=C(Cl)CCc1cccc2c1OCO2. The first-order valence-corrected chi connectivity index (χ1v) is 4.71. The van der Waals surface area contributed by atoms with E-state index in [-0.39, 0.29) is 12.0 Å². The lowest BCUT2D eigenvalue weighted by molar-refractivity contribution is -0.111. The maximum Gasteiger partial charge on any atom is 0.231 e. The van der Waals surface area contributed by atoms with Gasteiger partial charge in [-0.15, -0.1) is 0 Å². The van der Waals surface area contributed by atoms with Crippen LogP contribution in [0.3, 0.4) is 0 Å². The molecule has 0 spiro atoms. The van der Waals surface area contributed by atoms with Crippen molar-refractivity contribution in [2.45, 2.75) is 12.8 Å². The molecule has 0 aromatic heterocycles. The zero-order chi connectivity index (χ0) is 9.97. The Bertz CT molecular complexity index is 362. The zero-order valence-electron chi connectivity index (χ0n) is 7.46. The molecule has 1 heterocycles. The van der Waals surface area contributed by atoms with E-state index >= 15 is 0 Å². The third-order valence-electron chi connectivity index (χ3n) is 2.07. The van der Waals surface area contributed by atoms with Crippen molar-refractivity contribution in [2.75, 3.05) is 6.79 Å². The number of para-hydroxylation sites is 1. The summed E-state index contributed by atoms with van der Waals surface area (Å²) < 4.78 is 10.5. The molecule has 1 aromatic carbocycles. The van der Waals surface area contributed by atoms with Gasteiger partial charge >= 0.3 is 0 Å². The summed E-state index contributed by atoms with van der Waals surface area (Å²) in [6.07, 6.45) is 0.913. The Hall–Kier alpha value is -1.22. The highest BCUT2D eigenvalue weighted by Gasteiger charge is 2.16. The second-order valence-electron chi connectivity index (χ2n) is 3.01. The molecule has 1 aliphatic rings. The van der Waals surface area contributed by atoms with Crippen LogP contribution in [0.2, 0.25) is 0 Å². The number of halogens is 1. The van der Waals surface area contributed by atoms with Crippen molar-refractivity contribution in [1.82, 2.24) is 0 Å². The highest BCUT2D eigenvalue weighted by atomic mass is 35.5. The molecule has 0 radical (unpaired) electrons. The predicted octanol–water partition coefficient (Wildman–Crippen LogP) is 2.11. The summed E-state index contributed by atoms with van der Waals surface area (Å²) in [5.41, 5.74) is 0.967. The minimum Gasteiger partial charge on any atom is -0.454 e. The summed E-state index contributed by atoms with van der Waals surface area (Å²) in [6.45, 7) is 0.251. The van der Waals surface area contributed by atoms with Gasteiger partial charge in [-0.1, -0.05) is 12.1 Å². The highest BCUT2D eigenvalue weighted by molar-refractivity contribution is 6.63. The number of ether oxygens (including phenoxy) is 2. The third-order valence-corrected chi connectivity index (χ3v) is 2.26. The summed E-state index contributed by atoms with van der Waals surface area (Å²) in [5.74, 6) is 1.48. The van der Waals surface area contributed by atoms with E-state index in [1.54, 1.807) is 0 Å². The number of hydrogen-bond donors (Lipinski definition) is 0. The van der Waals surface area contributed by atoms with Gasteiger partial charge < -0.3 is 9.47 Å². The molecule has 0 aliphatic carbocycles. The van der Waals surface area contributed by atoms with Crippen LogP contribution in [0.4, 0.5) is 0 Å². The Labute approximate surface area is 86.6 Å². The second kappa shape index (κ2) is 3.88. The number of aryl methyl sites for hydroxylation is 1. The Morgan fingerprint density at radius 2 is 2.29 bits per heavy atom. The van der Waals surface area contributed by atoms with Crippen molar-refractivity contribution in [3.8, 4) is 11.5 Å². The minimum atomic E-state index is -0.332. The predicted molar refractivity (Wildman–Crippen MR) is 51.7 cm³/mol. The topological polar surface area (TPSA) is 35.5 Å². The van der Waals surface area contributed by atoms with Crippen LogP contribution in [0.15, 0.2) is 18.2 Å². The van der Waals surface area contributed by atoms with Crippen molar-refractivity contribution in [3.05, 3.63) is 23.8 Å². The van der Waals surface area contributed by atoms with Crippen LogP contribution < -0.4 is 9.47 Å². The van der Waals surface area contributed by atoms with E-state index in [4.69, 9.17) is 21.1 Å². The van der Waals surface area contributed by atoms with Crippen molar-refractivity contribution in [1.29, 1.82) is 0 Å². The fourth-order valence-corrected chi connectivity index (χ4v) is 1.51. The van der Waals surface area contributed by atoms with Gasteiger partial charge in [0.2, 0.25) is 12.0 Å². The molecule has 0 fully saturated rings.